The standard InChI is InChI=1S/C19H18FN5O/c20-14-4-1-3-13(9-14)16-11-22-12-17(26-16)19-23-8-6-18(25-19)24-15-5-2-7-21-10-15/h1-10,16-17,22H,11-12H2,(H,23,24,25). The number of nitrogens with zero attached hydrogens (tertiary/aromatic N) is 3. The molecule has 2 atom stereocenters. The quantitative estimate of drug-likeness (QED) is 0.752. The van der Waals surface area contributed by atoms with Crippen molar-refractivity contribution in [2.75, 3.05) is 18.4 Å². The van der Waals surface area contributed by atoms with Crippen molar-refractivity contribution in [2.45, 2.75) is 12.2 Å². The highest BCUT2D eigenvalue weighted by molar-refractivity contribution is 5.53. The molecule has 1 aliphatic rings. The first-order valence-corrected chi connectivity index (χ1v) is 8.39. The van der Waals surface area contributed by atoms with Crippen molar-refractivity contribution in [2.24, 2.45) is 0 Å². The van der Waals surface area contributed by atoms with E-state index in [0.29, 0.717) is 24.7 Å². The van der Waals surface area contributed by atoms with Crippen LogP contribution in [-0.2, 0) is 4.74 Å². The average molecular weight is 351 g/mol. The Morgan fingerprint density at radius 3 is 2.85 bits per heavy atom. The summed E-state index contributed by atoms with van der Waals surface area (Å²) in [5, 5.41) is 6.51. The Labute approximate surface area is 150 Å². The SMILES string of the molecule is Fc1cccc(C2CNCC(c3nccc(Nc4cccnc4)n3)O2)c1. The third-order valence-corrected chi connectivity index (χ3v) is 4.10. The van der Waals surface area contributed by atoms with E-state index in [1.165, 1.54) is 12.1 Å². The predicted molar refractivity (Wildman–Crippen MR) is 95.4 cm³/mol. The molecule has 132 valence electrons. The van der Waals surface area contributed by atoms with E-state index in [9.17, 15) is 4.39 Å². The van der Waals surface area contributed by atoms with Crippen LogP contribution >= 0.6 is 0 Å². The molecule has 1 aliphatic heterocycles. The Kier molecular flexibility index (Phi) is 4.81. The second-order valence-corrected chi connectivity index (χ2v) is 5.99. The minimum atomic E-state index is -0.312. The van der Waals surface area contributed by atoms with Gasteiger partial charge >= 0.3 is 0 Å². The van der Waals surface area contributed by atoms with E-state index in [-0.39, 0.29) is 18.0 Å². The first-order valence-electron chi connectivity index (χ1n) is 8.39. The maximum absolute atomic E-state index is 13.5. The Morgan fingerprint density at radius 1 is 1.08 bits per heavy atom. The van der Waals surface area contributed by atoms with Crippen LogP contribution in [0, 0.1) is 5.82 Å². The van der Waals surface area contributed by atoms with Crippen molar-refractivity contribution in [1.82, 2.24) is 20.3 Å². The van der Waals surface area contributed by atoms with Gasteiger partial charge in [0.1, 0.15) is 17.7 Å². The highest BCUT2D eigenvalue weighted by Gasteiger charge is 2.26. The summed E-state index contributed by atoms with van der Waals surface area (Å²) in [5.74, 6) is 0.971. The molecule has 1 fully saturated rings. The average Bonchev–Trinajstić information content (AvgIpc) is 2.69. The van der Waals surface area contributed by atoms with Gasteiger partial charge in [-0.1, -0.05) is 12.1 Å². The zero-order chi connectivity index (χ0) is 17.8. The molecule has 4 rings (SSSR count). The minimum Gasteiger partial charge on any atom is -0.360 e. The van der Waals surface area contributed by atoms with Gasteiger partial charge in [0, 0.05) is 25.5 Å². The topological polar surface area (TPSA) is 72.0 Å². The van der Waals surface area contributed by atoms with E-state index < -0.39 is 0 Å². The molecule has 2 aromatic heterocycles. The first kappa shape index (κ1) is 16.6. The number of pyridine rings is 1. The molecule has 0 radical (unpaired) electrons. The van der Waals surface area contributed by atoms with Crippen LogP contribution in [-0.4, -0.2) is 28.0 Å². The van der Waals surface area contributed by atoms with Crippen molar-refractivity contribution < 1.29 is 9.13 Å². The van der Waals surface area contributed by atoms with Gasteiger partial charge in [-0.2, -0.15) is 0 Å². The molecule has 3 aromatic rings. The monoisotopic (exact) mass is 351 g/mol. The summed E-state index contributed by atoms with van der Waals surface area (Å²) in [4.78, 5) is 13.0. The number of halogens is 1. The molecule has 2 unspecified atom stereocenters. The highest BCUT2D eigenvalue weighted by Crippen LogP contribution is 2.28. The molecular formula is C19H18FN5O. The van der Waals surface area contributed by atoms with Crippen LogP contribution in [0.25, 0.3) is 0 Å². The first-order chi connectivity index (χ1) is 12.8. The van der Waals surface area contributed by atoms with E-state index in [1.54, 1.807) is 30.7 Å². The fourth-order valence-electron chi connectivity index (χ4n) is 2.88. The second-order valence-electron chi connectivity index (χ2n) is 5.99. The predicted octanol–water partition coefficient (Wildman–Crippen LogP) is 3.16. The zero-order valence-electron chi connectivity index (χ0n) is 14.0. The maximum atomic E-state index is 13.5. The number of morpholine rings is 1. The van der Waals surface area contributed by atoms with Gasteiger partial charge in [0.05, 0.1) is 18.0 Å². The van der Waals surface area contributed by atoms with Crippen molar-refractivity contribution in [1.29, 1.82) is 0 Å². The Balaban J connectivity index is 1.51. The molecule has 1 aromatic carbocycles. The number of hydrogen-bond acceptors (Lipinski definition) is 6. The summed E-state index contributed by atoms with van der Waals surface area (Å²) in [6, 6.07) is 12.0. The second kappa shape index (κ2) is 7.55. The summed E-state index contributed by atoms with van der Waals surface area (Å²) < 4.78 is 19.6. The molecule has 26 heavy (non-hydrogen) atoms. The lowest BCUT2D eigenvalue weighted by Gasteiger charge is -2.30. The molecule has 2 N–H and O–H groups in total. The Morgan fingerprint density at radius 2 is 2.00 bits per heavy atom. The van der Waals surface area contributed by atoms with Gasteiger partial charge in [-0.15, -0.1) is 0 Å². The number of nitrogens with one attached hydrogen (secondary N) is 2. The van der Waals surface area contributed by atoms with E-state index >= 15 is 0 Å². The third kappa shape index (κ3) is 3.84. The summed E-state index contributed by atoms with van der Waals surface area (Å²) in [6.45, 7) is 1.22. The van der Waals surface area contributed by atoms with Crippen molar-refractivity contribution in [3.63, 3.8) is 0 Å². The number of benzene rings is 1. The van der Waals surface area contributed by atoms with Gasteiger partial charge in [0.25, 0.3) is 0 Å². The van der Waals surface area contributed by atoms with Crippen molar-refractivity contribution in [3.05, 3.63) is 78.3 Å². The zero-order valence-corrected chi connectivity index (χ0v) is 14.0. The summed E-state index contributed by atoms with van der Waals surface area (Å²) in [6.07, 6.45) is 4.57. The maximum Gasteiger partial charge on any atom is 0.160 e. The van der Waals surface area contributed by atoms with Gasteiger partial charge in [0.15, 0.2) is 5.82 Å². The molecule has 7 heteroatoms. The highest BCUT2D eigenvalue weighted by atomic mass is 19.1. The van der Waals surface area contributed by atoms with E-state index in [4.69, 9.17) is 4.74 Å². The van der Waals surface area contributed by atoms with Crippen LogP contribution in [0.15, 0.2) is 61.1 Å². The fraction of sp³-hybridized carbons (Fsp3) is 0.211. The number of hydrogen-bond donors (Lipinski definition) is 2. The number of aromatic nitrogens is 3. The van der Waals surface area contributed by atoms with Crippen LogP contribution in [0.1, 0.15) is 23.6 Å². The lowest BCUT2D eigenvalue weighted by molar-refractivity contribution is -0.0449. The van der Waals surface area contributed by atoms with Gasteiger partial charge in [-0.05, 0) is 35.9 Å². The molecule has 1 saturated heterocycles. The van der Waals surface area contributed by atoms with Crippen LogP contribution in [0.4, 0.5) is 15.9 Å². The van der Waals surface area contributed by atoms with Crippen LogP contribution in [0.2, 0.25) is 0 Å². The molecule has 0 spiro atoms. The molecule has 0 saturated carbocycles. The number of ether oxygens (including phenoxy) is 1. The van der Waals surface area contributed by atoms with Crippen molar-refractivity contribution >= 4 is 11.5 Å². The lowest BCUT2D eigenvalue weighted by Crippen LogP contribution is -2.36. The van der Waals surface area contributed by atoms with Crippen LogP contribution in [0.3, 0.4) is 0 Å². The fourth-order valence-corrected chi connectivity index (χ4v) is 2.88. The van der Waals surface area contributed by atoms with E-state index in [2.05, 4.69) is 25.6 Å². The van der Waals surface area contributed by atoms with E-state index in [1.807, 2.05) is 18.2 Å². The molecule has 0 amide bonds. The third-order valence-electron chi connectivity index (χ3n) is 4.10. The van der Waals surface area contributed by atoms with Gasteiger partial charge in [-0.25, -0.2) is 14.4 Å². The Hall–Kier alpha value is -2.90. The summed E-state index contributed by atoms with van der Waals surface area (Å²) >= 11 is 0. The largest absolute Gasteiger partial charge is 0.360 e. The van der Waals surface area contributed by atoms with Crippen molar-refractivity contribution in [3.8, 4) is 0 Å². The molecule has 6 nitrogen and oxygen atoms in total. The van der Waals surface area contributed by atoms with Gasteiger partial charge < -0.3 is 15.4 Å². The summed E-state index contributed by atoms with van der Waals surface area (Å²) in [7, 11) is 0. The smallest absolute Gasteiger partial charge is 0.160 e. The Bertz CT molecular complexity index is 877. The van der Waals surface area contributed by atoms with Crippen LogP contribution < -0.4 is 10.6 Å². The molecule has 3 heterocycles. The molecular weight excluding hydrogens is 333 g/mol. The van der Waals surface area contributed by atoms with Crippen LogP contribution in [0.5, 0.6) is 0 Å². The summed E-state index contributed by atoms with van der Waals surface area (Å²) in [5.41, 5.74) is 1.64. The number of rotatable bonds is 4. The molecule has 0 bridgehead atoms. The number of anilines is 2. The normalized spacial score (nSPS) is 19.9. The minimum absolute atomic E-state index is 0.247. The van der Waals surface area contributed by atoms with E-state index in [0.717, 1.165) is 11.3 Å². The van der Waals surface area contributed by atoms with Gasteiger partial charge in [0.2, 0.25) is 0 Å². The lowest BCUT2D eigenvalue weighted by atomic mass is 10.1. The molecule has 0 aliphatic carbocycles. The van der Waals surface area contributed by atoms with Gasteiger partial charge in [-0.3, -0.25) is 4.98 Å².